The minimum Gasteiger partial charge on any atom is -0.342 e. The van der Waals surface area contributed by atoms with Gasteiger partial charge >= 0.3 is 0 Å². The number of anilines is 1. The van der Waals surface area contributed by atoms with Crippen molar-refractivity contribution >= 4 is 48.2 Å². The molecule has 11 heteroatoms. The van der Waals surface area contributed by atoms with Crippen molar-refractivity contribution in [3.05, 3.63) is 108 Å². The van der Waals surface area contributed by atoms with Crippen molar-refractivity contribution in [1.82, 2.24) is 10.0 Å². The van der Waals surface area contributed by atoms with Crippen LogP contribution < -0.4 is 14.8 Å². The first-order valence-electron chi connectivity index (χ1n) is 11.9. The minimum atomic E-state index is -3.87. The van der Waals surface area contributed by atoms with Gasteiger partial charge in [0.1, 0.15) is 0 Å². The summed E-state index contributed by atoms with van der Waals surface area (Å²) in [6.45, 7) is -0.466. The van der Waals surface area contributed by atoms with Gasteiger partial charge in [-0.1, -0.05) is 60.7 Å². The minimum absolute atomic E-state index is 0.105. The molecule has 4 rings (SSSR count). The van der Waals surface area contributed by atoms with Crippen LogP contribution in [-0.4, -0.2) is 47.4 Å². The van der Waals surface area contributed by atoms with Crippen LogP contribution in [0.4, 0.5) is 5.69 Å². The van der Waals surface area contributed by atoms with E-state index in [1.165, 1.54) is 30.3 Å². The van der Waals surface area contributed by atoms with Crippen LogP contribution in [0.15, 0.2) is 102 Å². The SMILES string of the molecule is CS(=O)(=O)NCC(=O)[C@H](Cc1ccccc1)NC(=O)c1ccc(NS(=O)(=O)c2ccc3ccccc3c2)cc1. The van der Waals surface area contributed by atoms with Crippen LogP contribution in [0.2, 0.25) is 0 Å². The molecule has 0 bridgehead atoms. The zero-order chi connectivity index (χ0) is 28.0. The summed E-state index contributed by atoms with van der Waals surface area (Å²) in [6.07, 6.45) is 1.11. The molecule has 0 aliphatic carbocycles. The summed E-state index contributed by atoms with van der Waals surface area (Å²) in [7, 11) is -7.47. The molecular formula is C28H27N3O6S2. The molecule has 0 heterocycles. The number of carbonyl (C=O) groups excluding carboxylic acids is 2. The molecule has 9 nitrogen and oxygen atoms in total. The highest BCUT2D eigenvalue weighted by Gasteiger charge is 2.23. The maximum absolute atomic E-state index is 13.0. The molecule has 0 aromatic heterocycles. The number of hydrogen-bond acceptors (Lipinski definition) is 6. The standard InChI is InChI=1S/C28H27N3O6S2/c1-38(34,35)29-19-27(32)26(17-20-7-3-2-4-8-20)30-28(33)22-11-14-24(15-12-22)31-39(36,37)25-16-13-21-9-5-6-10-23(21)18-25/h2-16,18,26,29,31H,17,19H2,1H3,(H,30,33)/t26-/m0/s1. The molecule has 1 atom stereocenters. The average Bonchev–Trinajstić information content (AvgIpc) is 2.91. The third kappa shape index (κ3) is 7.73. The van der Waals surface area contributed by atoms with Crippen LogP contribution >= 0.6 is 0 Å². The van der Waals surface area contributed by atoms with Crippen LogP contribution in [0.25, 0.3) is 10.8 Å². The largest absolute Gasteiger partial charge is 0.342 e. The molecule has 0 spiro atoms. The van der Waals surface area contributed by atoms with Crippen molar-refractivity contribution in [2.75, 3.05) is 17.5 Å². The van der Waals surface area contributed by atoms with E-state index in [4.69, 9.17) is 0 Å². The summed E-state index contributed by atoms with van der Waals surface area (Å²) < 4.78 is 53.4. The van der Waals surface area contributed by atoms with Crippen molar-refractivity contribution in [3.8, 4) is 0 Å². The topological polar surface area (TPSA) is 139 Å². The lowest BCUT2D eigenvalue weighted by molar-refractivity contribution is -0.119. The Morgan fingerprint density at radius 1 is 0.769 bits per heavy atom. The second-order valence-corrected chi connectivity index (χ2v) is 12.5. The van der Waals surface area contributed by atoms with Gasteiger partial charge in [0.2, 0.25) is 10.0 Å². The lowest BCUT2D eigenvalue weighted by Crippen LogP contribution is -2.46. The van der Waals surface area contributed by atoms with Gasteiger partial charge in [-0.25, -0.2) is 21.6 Å². The van der Waals surface area contributed by atoms with Gasteiger partial charge in [-0.05, 0) is 59.2 Å². The quantitative estimate of drug-likeness (QED) is 0.256. The molecule has 0 unspecified atom stereocenters. The predicted molar refractivity (Wildman–Crippen MR) is 150 cm³/mol. The second-order valence-electron chi connectivity index (χ2n) is 8.97. The Morgan fingerprint density at radius 3 is 2.08 bits per heavy atom. The molecule has 1 amide bonds. The molecule has 3 N–H and O–H groups in total. The summed E-state index contributed by atoms with van der Waals surface area (Å²) >= 11 is 0. The van der Waals surface area contributed by atoms with Gasteiger partial charge in [0, 0.05) is 11.3 Å². The van der Waals surface area contributed by atoms with E-state index in [0.29, 0.717) is 0 Å². The van der Waals surface area contributed by atoms with E-state index in [2.05, 4.69) is 14.8 Å². The molecule has 0 saturated heterocycles. The average molecular weight is 566 g/mol. The van der Waals surface area contributed by atoms with Gasteiger partial charge in [0.25, 0.3) is 15.9 Å². The summed E-state index contributed by atoms with van der Waals surface area (Å²) in [6, 6.07) is 26.1. The van der Waals surface area contributed by atoms with Gasteiger partial charge in [-0.3, -0.25) is 14.3 Å². The molecule has 0 aliphatic rings. The number of amides is 1. The molecule has 0 radical (unpaired) electrons. The van der Waals surface area contributed by atoms with Gasteiger partial charge in [-0.15, -0.1) is 0 Å². The lowest BCUT2D eigenvalue weighted by Gasteiger charge is -2.18. The third-order valence-corrected chi connectivity index (χ3v) is 7.96. The summed E-state index contributed by atoms with van der Waals surface area (Å²) in [5, 5.41) is 4.38. The van der Waals surface area contributed by atoms with Crippen molar-refractivity contribution in [2.45, 2.75) is 17.4 Å². The van der Waals surface area contributed by atoms with E-state index in [1.54, 1.807) is 36.4 Å². The van der Waals surface area contributed by atoms with E-state index in [9.17, 15) is 26.4 Å². The monoisotopic (exact) mass is 565 g/mol. The van der Waals surface area contributed by atoms with E-state index in [-0.39, 0.29) is 22.6 Å². The van der Waals surface area contributed by atoms with E-state index in [0.717, 1.165) is 22.6 Å². The maximum atomic E-state index is 13.0. The number of hydrogen-bond donors (Lipinski definition) is 3. The lowest BCUT2D eigenvalue weighted by atomic mass is 10.0. The predicted octanol–water partition coefficient (Wildman–Crippen LogP) is 3.10. The molecule has 4 aromatic carbocycles. The maximum Gasteiger partial charge on any atom is 0.261 e. The highest BCUT2D eigenvalue weighted by Crippen LogP contribution is 2.22. The van der Waals surface area contributed by atoms with Crippen molar-refractivity contribution in [1.29, 1.82) is 0 Å². The number of sulfonamides is 2. The van der Waals surface area contributed by atoms with E-state index in [1.807, 2.05) is 30.3 Å². The molecule has 39 heavy (non-hydrogen) atoms. The Morgan fingerprint density at radius 2 is 1.41 bits per heavy atom. The summed E-state index contributed by atoms with van der Waals surface area (Å²) in [5.74, 6) is -1.06. The molecule has 0 saturated carbocycles. The second kappa shape index (κ2) is 11.8. The summed E-state index contributed by atoms with van der Waals surface area (Å²) in [4.78, 5) is 25.8. The highest BCUT2D eigenvalue weighted by atomic mass is 32.2. The Kier molecular flexibility index (Phi) is 8.44. The van der Waals surface area contributed by atoms with Gasteiger partial charge in [0.15, 0.2) is 5.78 Å². The molecule has 4 aromatic rings. The highest BCUT2D eigenvalue weighted by molar-refractivity contribution is 7.92. The number of nitrogens with one attached hydrogen (secondary N) is 3. The first kappa shape index (κ1) is 28.0. The number of fused-ring (bicyclic) bond motifs is 1. The van der Waals surface area contributed by atoms with E-state index >= 15 is 0 Å². The zero-order valence-electron chi connectivity index (χ0n) is 21.0. The van der Waals surface area contributed by atoms with Crippen molar-refractivity contribution in [2.24, 2.45) is 0 Å². The van der Waals surface area contributed by atoms with Crippen molar-refractivity contribution < 1.29 is 26.4 Å². The molecule has 0 fully saturated rings. The zero-order valence-corrected chi connectivity index (χ0v) is 22.6. The fourth-order valence-corrected chi connectivity index (χ4v) is 5.40. The normalized spacial score (nSPS) is 12.5. The smallest absolute Gasteiger partial charge is 0.261 e. The van der Waals surface area contributed by atoms with Gasteiger partial charge in [-0.2, -0.15) is 0 Å². The number of benzene rings is 4. The van der Waals surface area contributed by atoms with Gasteiger partial charge in [0.05, 0.1) is 23.7 Å². The van der Waals surface area contributed by atoms with Crippen LogP contribution in [0.1, 0.15) is 15.9 Å². The number of rotatable bonds is 11. The Labute approximate surface area is 227 Å². The van der Waals surface area contributed by atoms with Crippen LogP contribution in [0.3, 0.4) is 0 Å². The van der Waals surface area contributed by atoms with Crippen molar-refractivity contribution in [3.63, 3.8) is 0 Å². The van der Waals surface area contributed by atoms with E-state index < -0.39 is 44.3 Å². The Hall–Kier alpha value is -4.06. The third-order valence-electron chi connectivity index (χ3n) is 5.92. The van der Waals surface area contributed by atoms with Crippen LogP contribution in [0.5, 0.6) is 0 Å². The fourth-order valence-electron chi connectivity index (χ4n) is 3.90. The molecule has 0 aliphatic heterocycles. The number of Topliss-reactive ketones (excluding diaryl/α,β-unsaturated/α-hetero) is 1. The first-order valence-corrected chi connectivity index (χ1v) is 15.3. The Balaban J connectivity index is 1.46. The van der Waals surface area contributed by atoms with Crippen LogP contribution in [-0.2, 0) is 31.3 Å². The molecule has 202 valence electrons. The summed E-state index contributed by atoms with van der Waals surface area (Å²) in [5.41, 5.74) is 1.24. The molecular weight excluding hydrogens is 538 g/mol. The Bertz CT molecular complexity index is 1710. The fraction of sp³-hybridized carbons (Fsp3) is 0.143. The number of ketones is 1. The van der Waals surface area contributed by atoms with Crippen LogP contribution in [0, 0.1) is 0 Å². The number of carbonyl (C=O) groups is 2. The first-order chi connectivity index (χ1) is 18.5. The van der Waals surface area contributed by atoms with Gasteiger partial charge < -0.3 is 5.32 Å².